The summed E-state index contributed by atoms with van der Waals surface area (Å²) in [5.74, 6) is 1.78. The van der Waals surface area contributed by atoms with Gasteiger partial charge in [-0.15, -0.1) is 10.2 Å². The van der Waals surface area contributed by atoms with E-state index in [9.17, 15) is 4.79 Å². The first-order chi connectivity index (χ1) is 11.1. The number of hydrogen-bond donors (Lipinski definition) is 1. The average Bonchev–Trinajstić information content (AvgIpc) is 3.00. The quantitative estimate of drug-likeness (QED) is 0.849. The Morgan fingerprint density at radius 2 is 2.04 bits per heavy atom. The highest BCUT2D eigenvalue weighted by Gasteiger charge is 2.14. The highest BCUT2D eigenvalue weighted by atomic mass is 32.2. The topological polar surface area (TPSA) is 73.3 Å². The summed E-state index contributed by atoms with van der Waals surface area (Å²) >= 11 is 1.36. The van der Waals surface area contributed by atoms with E-state index < -0.39 is 0 Å². The monoisotopic (exact) mass is 331 g/mol. The molecular weight excluding hydrogens is 314 g/mol. The van der Waals surface area contributed by atoms with Crippen molar-refractivity contribution in [3.8, 4) is 22.8 Å². The van der Waals surface area contributed by atoms with E-state index in [1.165, 1.54) is 11.8 Å². The molecule has 1 aromatic carbocycles. The summed E-state index contributed by atoms with van der Waals surface area (Å²) in [6, 6.07) is 9.55. The number of hydrogen-bond acceptors (Lipinski definition) is 6. The van der Waals surface area contributed by atoms with Crippen molar-refractivity contribution in [1.29, 1.82) is 0 Å². The molecule has 0 saturated carbocycles. The summed E-state index contributed by atoms with van der Waals surface area (Å²) in [4.78, 5) is 11.6. The first kappa shape index (κ1) is 15.6. The smallest absolute Gasteiger partial charge is 0.231 e. The average molecular weight is 331 g/mol. The molecule has 120 valence electrons. The number of benzene rings is 1. The normalized spacial score (nSPS) is 12.5. The van der Waals surface area contributed by atoms with Crippen LogP contribution in [0.5, 0.6) is 11.5 Å². The first-order valence-corrected chi connectivity index (χ1v) is 8.26. The molecular formula is C16H17N3O3S. The molecule has 6 nitrogen and oxygen atoms in total. The van der Waals surface area contributed by atoms with Crippen LogP contribution in [-0.4, -0.2) is 34.7 Å². The first-order valence-electron chi connectivity index (χ1n) is 7.28. The zero-order chi connectivity index (χ0) is 16.2. The molecule has 7 heteroatoms. The van der Waals surface area contributed by atoms with Gasteiger partial charge in [0.25, 0.3) is 0 Å². The Labute approximate surface area is 138 Å². The fourth-order valence-corrected chi connectivity index (χ4v) is 2.74. The van der Waals surface area contributed by atoms with Crippen molar-refractivity contribution in [3.05, 3.63) is 30.3 Å². The van der Waals surface area contributed by atoms with Crippen LogP contribution in [0.15, 0.2) is 35.4 Å². The maximum absolute atomic E-state index is 11.6. The SMILES string of the molecule is CC(C)NC(=O)CSc1ccc(-c2ccc3c(c2)OCO3)nn1. The Balaban J connectivity index is 1.64. The van der Waals surface area contributed by atoms with E-state index >= 15 is 0 Å². The van der Waals surface area contributed by atoms with Gasteiger partial charge in [-0.25, -0.2) is 0 Å². The second kappa shape index (κ2) is 6.87. The van der Waals surface area contributed by atoms with Crippen LogP contribution in [0.2, 0.25) is 0 Å². The zero-order valence-corrected chi connectivity index (χ0v) is 13.7. The second-order valence-corrected chi connectivity index (χ2v) is 6.33. The van der Waals surface area contributed by atoms with Crippen LogP contribution in [0.4, 0.5) is 0 Å². The number of carbonyl (C=O) groups excluding carboxylic acids is 1. The Morgan fingerprint density at radius 1 is 1.22 bits per heavy atom. The molecule has 1 N–H and O–H groups in total. The second-order valence-electron chi connectivity index (χ2n) is 5.34. The molecule has 0 spiro atoms. The van der Waals surface area contributed by atoms with Crippen molar-refractivity contribution in [3.63, 3.8) is 0 Å². The molecule has 0 saturated heterocycles. The molecule has 1 aliphatic heterocycles. The third kappa shape index (κ3) is 3.92. The van der Waals surface area contributed by atoms with E-state index in [-0.39, 0.29) is 18.7 Å². The summed E-state index contributed by atoms with van der Waals surface area (Å²) in [5, 5.41) is 11.9. The summed E-state index contributed by atoms with van der Waals surface area (Å²) in [5.41, 5.74) is 1.66. The van der Waals surface area contributed by atoms with Gasteiger partial charge in [0, 0.05) is 11.6 Å². The minimum absolute atomic E-state index is 0.00773. The highest BCUT2D eigenvalue weighted by Crippen LogP contribution is 2.35. The van der Waals surface area contributed by atoms with Crippen LogP contribution < -0.4 is 14.8 Å². The van der Waals surface area contributed by atoms with E-state index in [0.717, 1.165) is 17.0 Å². The molecule has 1 aromatic heterocycles. The maximum Gasteiger partial charge on any atom is 0.231 e. The molecule has 0 atom stereocenters. The van der Waals surface area contributed by atoms with E-state index in [4.69, 9.17) is 9.47 Å². The van der Waals surface area contributed by atoms with Crippen molar-refractivity contribution < 1.29 is 14.3 Å². The van der Waals surface area contributed by atoms with Gasteiger partial charge in [0.15, 0.2) is 11.5 Å². The number of rotatable bonds is 5. The molecule has 0 aliphatic carbocycles. The van der Waals surface area contributed by atoms with Crippen LogP contribution in [0, 0.1) is 0 Å². The lowest BCUT2D eigenvalue weighted by atomic mass is 10.1. The van der Waals surface area contributed by atoms with Gasteiger partial charge in [0.2, 0.25) is 12.7 Å². The fourth-order valence-electron chi connectivity index (χ4n) is 2.11. The van der Waals surface area contributed by atoms with E-state index in [2.05, 4.69) is 15.5 Å². The van der Waals surface area contributed by atoms with Gasteiger partial charge < -0.3 is 14.8 Å². The fraction of sp³-hybridized carbons (Fsp3) is 0.312. The van der Waals surface area contributed by atoms with Crippen LogP contribution in [0.1, 0.15) is 13.8 Å². The lowest BCUT2D eigenvalue weighted by molar-refractivity contribution is -0.119. The number of carbonyl (C=O) groups is 1. The summed E-state index contributed by atoms with van der Waals surface area (Å²) in [7, 11) is 0. The summed E-state index contributed by atoms with van der Waals surface area (Å²) in [6.07, 6.45) is 0. The summed E-state index contributed by atoms with van der Waals surface area (Å²) < 4.78 is 10.7. The molecule has 23 heavy (non-hydrogen) atoms. The summed E-state index contributed by atoms with van der Waals surface area (Å²) in [6.45, 7) is 4.11. The number of nitrogens with one attached hydrogen (secondary N) is 1. The van der Waals surface area contributed by atoms with Crippen molar-refractivity contribution in [2.45, 2.75) is 24.9 Å². The Bertz CT molecular complexity index is 704. The lowest BCUT2D eigenvalue weighted by Gasteiger charge is -2.07. The number of fused-ring (bicyclic) bond motifs is 1. The van der Waals surface area contributed by atoms with Gasteiger partial charge >= 0.3 is 0 Å². The molecule has 2 aromatic rings. The molecule has 2 heterocycles. The van der Waals surface area contributed by atoms with Crippen molar-refractivity contribution in [2.24, 2.45) is 0 Å². The molecule has 1 aliphatic rings. The maximum atomic E-state index is 11.6. The Kier molecular flexibility index (Phi) is 4.66. The number of ether oxygens (including phenoxy) is 2. The highest BCUT2D eigenvalue weighted by molar-refractivity contribution is 7.99. The standard InChI is InChI=1S/C16H17N3O3S/c1-10(2)17-15(20)8-23-16-6-4-12(18-19-16)11-3-5-13-14(7-11)22-9-21-13/h3-7,10H,8-9H2,1-2H3,(H,17,20). The number of amides is 1. The van der Waals surface area contributed by atoms with Crippen LogP contribution in [0.25, 0.3) is 11.3 Å². The van der Waals surface area contributed by atoms with Crippen molar-refractivity contribution >= 4 is 17.7 Å². The van der Waals surface area contributed by atoms with Gasteiger partial charge in [0.05, 0.1) is 11.4 Å². The molecule has 0 bridgehead atoms. The number of nitrogens with zero attached hydrogens (tertiary/aromatic N) is 2. The lowest BCUT2D eigenvalue weighted by Crippen LogP contribution is -2.31. The van der Waals surface area contributed by atoms with Crippen LogP contribution >= 0.6 is 11.8 Å². The largest absolute Gasteiger partial charge is 0.454 e. The van der Waals surface area contributed by atoms with E-state index in [0.29, 0.717) is 16.5 Å². The molecule has 1 amide bonds. The van der Waals surface area contributed by atoms with Gasteiger partial charge in [-0.3, -0.25) is 4.79 Å². The Morgan fingerprint density at radius 3 is 2.78 bits per heavy atom. The van der Waals surface area contributed by atoms with E-state index in [1.807, 2.05) is 44.2 Å². The van der Waals surface area contributed by atoms with Crippen LogP contribution in [0.3, 0.4) is 0 Å². The predicted octanol–water partition coefficient (Wildman–Crippen LogP) is 2.49. The predicted molar refractivity (Wildman–Crippen MR) is 87.6 cm³/mol. The molecule has 0 fully saturated rings. The third-order valence-corrected chi connectivity index (χ3v) is 4.03. The molecule has 0 unspecified atom stereocenters. The van der Waals surface area contributed by atoms with Gasteiger partial charge in [0.1, 0.15) is 5.03 Å². The minimum Gasteiger partial charge on any atom is -0.454 e. The Hall–Kier alpha value is -2.28. The van der Waals surface area contributed by atoms with Crippen molar-refractivity contribution in [2.75, 3.05) is 12.5 Å². The van der Waals surface area contributed by atoms with Gasteiger partial charge in [-0.05, 0) is 44.2 Å². The van der Waals surface area contributed by atoms with Crippen LogP contribution in [-0.2, 0) is 4.79 Å². The van der Waals surface area contributed by atoms with E-state index in [1.54, 1.807) is 0 Å². The third-order valence-electron chi connectivity index (χ3n) is 3.11. The van der Waals surface area contributed by atoms with Gasteiger partial charge in [-0.2, -0.15) is 0 Å². The number of aromatic nitrogens is 2. The minimum atomic E-state index is -0.00773. The van der Waals surface area contributed by atoms with Crippen molar-refractivity contribution in [1.82, 2.24) is 15.5 Å². The zero-order valence-electron chi connectivity index (χ0n) is 12.9. The van der Waals surface area contributed by atoms with Gasteiger partial charge in [-0.1, -0.05) is 11.8 Å². The number of thioether (sulfide) groups is 1. The molecule has 0 radical (unpaired) electrons. The molecule has 3 rings (SSSR count).